The molecule has 4 rings (SSSR count). The first-order valence-electron chi connectivity index (χ1n) is 10.5. The number of anilines is 2. The number of hydrogen-bond donors (Lipinski definition) is 1. The fraction of sp³-hybridized carbons (Fsp3) is 0.167. The maximum atomic E-state index is 15.0. The van der Waals surface area contributed by atoms with Gasteiger partial charge in [-0.05, 0) is 51.1 Å². The van der Waals surface area contributed by atoms with Gasteiger partial charge in [-0.15, -0.1) is 11.3 Å². The van der Waals surface area contributed by atoms with Crippen LogP contribution in [-0.4, -0.2) is 24.7 Å². The van der Waals surface area contributed by atoms with Crippen molar-refractivity contribution in [2.75, 3.05) is 4.90 Å². The van der Waals surface area contributed by atoms with Crippen LogP contribution in [0, 0.1) is 11.6 Å². The zero-order valence-corrected chi connectivity index (χ0v) is 21.0. The Morgan fingerprint density at radius 2 is 1.72 bits per heavy atom. The van der Waals surface area contributed by atoms with Gasteiger partial charge in [0.15, 0.2) is 4.21 Å². The van der Waals surface area contributed by atoms with Crippen molar-refractivity contribution < 1.29 is 26.7 Å². The van der Waals surface area contributed by atoms with Gasteiger partial charge in [-0.1, -0.05) is 18.2 Å². The largest absolute Gasteiger partial charge is 0.443 e. The highest BCUT2D eigenvalue weighted by Gasteiger charge is 2.35. The molecule has 2 aromatic heterocycles. The molecule has 4 aromatic rings. The van der Waals surface area contributed by atoms with Crippen LogP contribution in [0.1, 0.15) is 20.8 Å². The van der Waals surface area contributed by atoms with E-state index in [1.807, 2.05) is 0 Å². The minimum atomic E-state index is -4.50. The van der Waals surface area contributed by atoms with Crippen molar-refractivity contribution in [1.29, 1.82) is 0 Å². The van der Waals surface area contributed by atoms with Gasteiger partial charge >= 0.3 is 6.09 Å². The predicted molar refractivity (Wildman–Crippen MR) is 134 cm³/mol. The van der Waals surface area contributed by atoms with E-state index in [1.165, 1.54) is 16.7 Å². The zero-order valence-electron chi connectivity index (χ0n) is 19.4. The molecule has 1 amide bonds. The Balaban J connectivity index is 2.13. The fourth-order valence-electron chi connectivity index (χ4n) is 3.55. The van der Waals surface area contributed by atoms with Crippen LogP contribution < -0.4 is 15.6 Å². The molecule has 2 N–H and O–H groups in total. The van der Waals surface area contributed by atoms with Crippen LogP contribution in [0.3, 0.4) is 0 Å². The number of carbonyl (C=O) groups is 1. The number of hydrogen-bond acceptors (Lipinski definition) is 6. The smallest absolute Gasteiger partial charge is 0.419 e. The molecular formula is C24H21F2N3O5S2. The summed E-state index contributed by atoms with van der Waals surface area (Å²) in [6, 6.07) is 13.4. The lowest BCUT2D eigenvalue weighted by molar-refractivity contribution is 0.0598. The third kappa shape index (κ3) is 4.87. The first kappa shape index (κ1) is 25.5. The second-order valence-electron chi connectivity index (χ2n) is 8.76. The lowest BCUT2D eigenvalue weighted by atomic mass is 10.2. The minimum absolute atomic E-state index is 0.113. The van der Waals surface area contributed by atoms with Gasteiger partial charge in [-0.3, -0.25) is 9.36 Å². The number of rotatable bonds is 4. The highest BCUT2D eigenvalue weighted by atomic mass is 32.2. The van der Waals surface area contributed by atoms with Crippen molar-refractivity contribution in [2.24, 2.45) is 5.14 Å². The van der Waals surface area contributed by atoms with E-state index in [0.29, 0.717) is 28.0 Å². The maximum absolute atomic E-state index is 15.0. The number of thiophene rings is 1. The Morgan fingerprint density at radius 3 is 2.31 bits per heavy atom. The minimum Gasteiger partial charge on any atom is -0.443 e. The molecule has 0 saturated carbocycles. The number of aromatic nitrogens is 1. The van der Waals surface area contributed by atoms with Crippen molar-refractivity contribution in [1.82, 2.24) is 4.57 Å². The molecule has 0 saturated heterocycles. The number of benzene rings is 2. The summed E-state index contributed by atoms with van der Waals surface area (Å²) in [5.74, 6) is -2.04. The van der Waals surface area contributed by atoms with Gasteiger partial charge in [0, 0.05) is 17.5 Å². The molecule has 0 unspecified atom stereocenters. The van der Waals surface area contributed by atoms with E-state index >= 15 is 4.39 Å². The summed E-state index contributed by atoms with van der Waals surface area (Å²) >= 11 is 0.638. The molecule has 188 valence electrons. The standard InChI is InChI=1S/C24H21F2N3O5S2/c1-24(2,3)34-23(31)29(18-11-9-14(25)13-17(18)26)20-16-10-12-19(30)28(15-7-5-4-6-8-15)21(16)35-22(20)36(27,32)33/h4-13H,1-3H3,(H2,27,32,33). The van der Waals surface area contributed by atoms with Crippen molar-refractivity contribution >= 4 is 49.0 Å². The summed E-state index contributed by atoms with van der Waals surface area (Å²) in [6.07, 6.45) is -1.13. The summed E-state index contributed by atoms with van der Waals surface area (Å²) in [4.78, 5) is 27.1. The Labute approximate surface area is 209 Å². The topological polar surface area (TPSA) is 112 Å². The molecule has 0 aliphatic carbocycles. The lowest BCUT2D eigenvalue weighted by Gasteiger charge is -2.28. The van der Waals surface area contributed by atoms with Gasteiger partial charge in [-0.2, -0.15) is 0 Å². The van der Waals surface area contributed by atoms with E-state index in [9.17, 15) is 22.4 Å². The number of pyridine rings is 1. The third-order valence-electron chi connectivity index (χ3n) is 4.91. The molecule has 2 heterocycles. The number of ether oxygens (including phenoxy) is 1. The first-order chi connectivity index (χ1) is 16.8. The summed E-state index contributed by atoms with van der Waals surface area (Å²) in [6.45, 7) is 4.72. The number of nitrogens with zero attached hydrogens (tertiary/aromatic N) is 2. The Morgan fingerprint density at radius 1 is 1.06 bits per heavy atom. The van der Waals surface area contributed by atoms with Crippen molar-refractivity contribution in [3.05, 3.63) is 82.7 Å². The zero-order chi connectivity index (χ0) is 26.4. The van der Waals surface area contributed by atoms with Crippen LogP contribution in [-0.2, 0) is 14.8 Å². The summed E-state index contributed by atoms with van der Waals surface area (Å²) < 4.78 is 60.3. The second-order valence-corrected chi connectivity index (χ2v) is 11.5. The number of sulfonamides is 1. The van der Waals surface area contributed by atoms with Gasteiger partial charge < -0.3 is 4.74 Å². The van der Waals surface area contributed by atoms with Crippen LogP contribution in [0.4, 0.5) is 25.0 Å². The van der Waals surface area contributed by atoms with Crippen LogP contribution in [0.5, 0.6) is 0 Å². The van der Waals surface area contributed by atoms with E-state index in [2.05, 4.69) is 0 Å². The number of fused-ring (bicyclic) bond motifs is 1. The van der Waals surface area contributed by atoms with Crippen LogP contribution >= 0.6 is 11.3 Å². The number of carbonyl (C=O) groups excluding carboxylic acids is 1. The number of primary sulfonamides is 1. The number of amides is 1. The maximum Gasteiger partial charge on any atom is 0.419 e. The number of halogens is 2. The molecule has 8 nitrogen and oxygen atoms in total. The Hall–Kier alpha value is -3.61. The van der Waals surface area contributed by atoms with Gasteiger partial charge in [-0.25, -0.2) is 32.0 Å². The molecule has 0 fully saturated rings. The molecule has 0 spiro atoms. The van der Waals surface area contributed by atoms with E-state index in [1.54, 1.807) is 51.1 Å². The highest BCUT2D eigenvalue weighted by Crippen LogP contribution is 2.45. The fourth-order valence-corrected chi connectivity index (χ4v) is 5.76. The molecule has 0 bridgehead atoms. The molecule has 2 aromatic carbocycles. The lowest BCUT2D eigenvalue weighted by Crippen LogP contribution is -2.35. The molecule has 0 radical (unpaired) electrons. The van der Waals surface area contributed by atoms with Gasteiger partial charge in [0.2, 0.25) is 10.0 Å². The van der Waals surface area contributed by atoms with Crippen molar-refractivity contribution in [2.45, 2.75) is 30.6 Å². The highest BCUT2D eigenvalue weighted by molar-refractivity contribution is 7.91. The molecule has 12 heteroatoms. The predicted octanol–water partition coefficient (Wildman–Crippen LogP) is 5.05. The SMILES string of the molecule is CC(C)(C)OC(=O)N(c1ccc(F)cc1F)c1c(S(N)(=O)=O)sc2c1ccc(=O)n2-c1ccccc1. The monoisotopic (exact) mass is 533 g/mol. The van der Waals surface area contributed by atoms with E-state index in [4.69, 9.17) is 9.88 Å². The second kappa shape index (κ2) is 9.12. The summed E-state index contributed by atoms with van der Waals surface area (Å²) in [7, 11) is -4.50. The van der Waals surface area contributed by atoms with Crippen LogP contribution in [0.15, 0.2) is 69.7 Å². The van der Waals surface area contributed by atoms with Crippen molar-refractivity contribution in [3.8, 4) is 5.69 Å². The Kier molecular flexibility index (Phi) is 6.45. The van der Waals surface area contributed by atoms with E-state index in [-0.39, 0.29) is 15.9 Å². The first-order valence-corrected chi connectivity index (χ1v) is 12.9. The van der Waals surface area contributed by atoms with E-state index in [0.717, 1.165) is 12.1 Å². The molecule has 36 heavy (non-hydrogen) atoms. The quantitative estimate of drug-likeness (QED) is 0.395. The van der Waals surface area contributed by atoms with Gasteiger partial charge in [0.1, 0.15) is 22.1 Å². The van der Waals surface area contributed by atoms with Gasteiger partial charge in [0.25, 0.3) is 5.56 Å². The average Bonchev–Trinajstić information content (AvgIpc) is 3.14. The third-order valence-corrected chi connectivity index (χ3v) is 7.54. The van der Waals surface area contributed by atoms with Crippen LogP contribution in [0.2, 0.25) is 0 Å². The molecule has 0 aliphatic rings. The van der Waals surface area contributed by atoms with Crippen molar-refractivity contribution in [3.63, 3.8) is 0 Å². The molecule has 0 aliphatic heterocycles. The Bertz CT molecular complexity index is 1640. The molecular weight excluding hydrogens is 512 g/mol. The molecule has 0 atom stereocenters. The summed E-state index contributed by atoms with van der Waals surface area (Å²) in [5, 5.41) is 5.63. The van der Waals surface area contributed by atoms with E-state index < -0.39 is 48.8 Å². The number of nitrogens with two attached hydrogens (primary N) is 1. The number of para-hydroxylation sites is 1. The summed E-state index contributed by atoms with van der Waals surface area (Å²) in [5.41, 5.74) is -1.88. The van der Waals surface area contributed by atoms with Gasteiger partial charge in [0.05, 0.1) is 17.1 Å². The average molecular weight is 534 g/mol. The van der Waals surface area contributed by atoms with Crippen LogP contribution in [0.25, 0.3) is 15.9 Å². The normalized spacial score (nSPS) is 12.1.